The molecule has 0 aliphatic rings. The number of hydrogen-bond donors (Lipinski definition) is 1. The topological polar surface area (TPSA) is 55.6 Å². The highest BCUT2D eigenvalue weighted by Crippen LogP contribution is 2.24. The zero-order valence-corrected chi connectivity index (χ0v) is 12.0. The summed E-state index contributed by atoms with van der Waals surface area (Å²) in [6, 6.07) is 10.1. The molecule has 0 amide bonds. The summed E-state index contributed by atoms with van der Waals surface area (Å²) in [5, 5.41) is 8.72. The Labute approximate surface area is 121 Å². The highest BCUT2D eigenvalue weighted by molar-refractivity contribution is 6.28. The molecule has 6 heteroatoms. The van der Waals surface area contributed by atoms with E-state index in [0.29, 0.717) is 11.5 Å². The lowest BCUT2D eigenvalue weighted by molar-refractivity contribution is 0.885. The van der Waals surface area contributed by atoms with Crippen LogP contribution in [0.5, 0.6) is 0 Å². The van der Waals surface area contributed by atoms with E-state index in [1.54, 1.807) is 10.9 Å². The van der Waals surface area contributed by atoms with Crippen LogP contribution in [-0.4, -0.2) is 25.8 Å². The first-order valence-corrected chi connectivity index (χ1v) is 6.76. The second kappa shape index (κ2) is 5.09. The molecule has 2 heterocycles. The van der Waals surface area contributed by atoms with E-state index >= 15 is 0 Å². The van der Waals surface area contributed by atoms with Crippen LogP contribution in [0.25, 0.3) is 16.7 Å². The van der Waals surface area contributed by atoms with Gasteiger partial charge in [0.1, 0.15) is 5.82 Å². The first-order valence-electron chi connectivity index (χ1n) is 6.38. The molecule has 102 valence electrons. The predicted molar refractivity (Wildman–Crippen MR) is 80.4 cm³/mol. The molecule has 20 heavy (non-hydrogen) atoms. The van der Waals surface area contributed by atoms with Gasteiger partial charge in [-0.2, -0.15) is 15.1 Å². The minimum atomic E-state index is 0.207. The number of aromatic nitrogens is 4. The maximum atomic E-state index is 6.02. The van der Waals surface area contributed by atoms with Crippen molar-refractivity contribution in [1.82, 2.24) is 19.7 Å². The van der Waals surface area contributed by atoms with Gasteiger partial charge in [0.2, 0.25) is 5.28 Å². The van der Waals surface area contributed by atoms with Crippen LogP contribution < -0.4 is 5.32 Å². The minimum absolute atomic E-state index is 0.207. The molecule has 1 N–H and O–H groups in total. The number of hydrogen-bond acceptors (Lipinski definition) is 4. The number of halogens is 1. The fraction of sp³-hybridized carbons (Fsp3) is 0.214. The normalized spacial score (nSPS) is 11.2. The Kier molecular flexibility index (Phi) is 3.28. The predicted octanol–water partition coefficient (Wildman–Crippen LogP) is 3.29. The summed E-state index contributed by atoms with van der Waals surface area (Å²) < 4.78 is 1.76. The maximum absolute atomic E-state index is 6.02. The van der Waals surface area contributed by atoms with Crippen LogP contribution in [0.3, 0.4) is 0 Å². The zero-order valence-electron chi connectivity index (χ0n) is 11.2. The lowest BCUT2D eigenvalue weighted by atomic mass is 10.3. The van der Waals surface area contributed by atoms with Gasteiger partial charge in [-0.1, -0.05) is 18.2 Å². The van der Waals surface area contributed by atoms with Crippen LogP contribution >= 0.6 is 11.6 Å². The SMILES string of the molecule is CC(C)Nc1nc(Cl)nc2c1cnn2-c1ccccc1. The minimum Gasteiger partial charge on any atom is -0.367 e. The van der Waals surface area contributed by atoms with E-state index < -0.39 is 0 Å². The van der Waals surface area contributed by atoms with Gasteiger partial charge >= 0.3 is 0 Å². The Bertz CT molecular complexity index is 736. The molecule has 0 bridgehead atoms. The van der Waals surface area contributed by atoms with Crippen molar-refractivity contribution in [3.8, 4) is 5.69 Å². The molecular weight excluding hydrogens is 274 g/mol. The molecule has 0 unspecified atom stereocenters. The van der Waals surface area contributed by atoms with Gasteiger partial charge < -0.3 is 5.32 Å². The van der Waals surface area contributed by atoms with Crippen LogP contribution in [0.1, 0.15) is 13.8 Å². The molecule has 0 radical (unpaired) electrons. The van der Waals surface area contributed by atoms with Gasteiger partial charge in [-0.25, -0.2) is 4.68 Å². The van der Waals surface area contributed by atoms with Crippen LogP contribution in [-0.2, 0) is 0 Å². The van der Waals surface area contributed by atoms with Gasteiger partial charge in [0.15, 0.2) is 5.65 Å². The van der Waals surface area contributed by atoms with Crippen molar-refractivity contribution in [2.75, 3.05) is 5.32 Å². The number of para-hydroxylation sites is 1. The second-order valence-corrected chi connectivity index (χ2v) is 5.11. The number of fused-ring (bicyclic) bond motifs is 1. The van der Waals surface area contributed by atoms with E-state index in [0.717, 1.165) is 11.1 Å². The summed E-state index contributed by atoms with van der Waals surface area (Å²) in [6.07, 6.45) is 1.75. The van der Waals surface area contributed by atoms with E-state index in [2.05, 4.69) is 20.4 Å². The third-order valence-corrected chi connectivity index (χ3v) is 3.00. The Morgan fingerprint density at radius 2 is 1.90 bits per heavy atom. The van der Waals surface area contributed by atoms with Crippen molar-refractivity contribution in [1.29, 1.82) is 0 Å². The van der Waals surface area contributed by atoms with Gasteiger partial charge in [-0.15, -0.1) is 0 Å². The summed E-state index contributed by atoms with van der Waals surface area (Å²) in [5.41, 5.74) is 1.63. The first kappa shape index (κ1) is 12.9. The Morgan fingerprint density at radius 3 is 2.60 bits per heavy atom. The monoisotopic (exact) mass is 287 g/mol. The van der Waals surface area contributed by atoms with Crippen molar-refractivity contribution < 1.29 is 0 Å². The van der Waals surface area contributed by atoms with E-state index in [1.807, 2.05) is 44.2 Å². The summed E-state index contributed by atoms with van der Waals surface area (Å²) >= 11 is 6.02. The third kappa shape index (κ3) is 2.32. The van der Waals surface area contributed by atoms with Crippen molar-refractivity contribution in [3.63, 3.8) is 0 Å². The number of nitrogens with zero attached hydrogens (tertiary/aromatic N) is 4. The summed E-state index contributed by atoms with van der Waals surface area (Å²) in [7, 11) is 0. The van der Waals surface area contributed by atoms with E-state index in [-0.39, 0.29) is 11.3 Å². The highest BCUT2D eigenvalue weighted by atomic mass is 35.5. The lowest BCUT2D eigenvalue weighted by Crippen LogP contribution is -2.11. The lowest BCUT2D eigenvalue weighted by Gasteiger charge is -2.10. The van der Waals surface area contributed by atoms with E-state index in [1.165, 1.54) is 0 Å². The summed E-state index contributed by atoms with van der Waals surface area (Å²) in [4.78, 5) is 8.53. The number of benzene rings is 1. The number of nitrogens with one attached hydrogen (secondary N) is 1. The van der Waals surface area contributed by atoms with Crippen molar-refractivity contribution in [2.45, 2.75) is 19.9 Å². The fourth-order valence-corrected chi connectivity index (χ4v) is 2.19. The first-order chi connectivity index (χ1) is 9.65. The summed E-state index contributed by atoms with van der Waals surface area (Å²) in [6.45, 7) is 4.09. The molecular formula is C14H14ClN5. The molecule has 3 rings (SSSR count). The smallest absolute Gasteiger partial charge is 0.226 e. The van der Waals surface area contributed by atoms with Crippen LogP contribution in [0, 0.1) is 0 Å². The Morgan fingerprint density at radius 1 is 1.15 bits per heavy atom. The molecule has 0 aliphatic heterocycles. The van der Waals surface area contributed by atoms with Crippen LogP contribution in [0.15, 0.2) is 36.5 Å². The standard InChI is InChI=1S/C14H14ClN5/c1-9(2)17-12-11-8-16-20(10-6-4-3-5-7-10)13(11)19-14(15)18-12/h3-9H,1-2H3,(H,17,18,19). The van der Waals surface area contributed by atoms with Gasteiger partial charge in [-0.05, 0) is 37.6 Å². The van der Waals surface area contributed by atoms with E-state index in [4.69, 9.17) is 11.6 Å². The molecule has 0 aliphatic carbocycles. The fourth-order valence-electron chi connectivity index (χ4n) is 2.02. The second-order valence-electron chi connectivity index (χ2n) is 4.77. The van der Waals surface area contributed by atoms with E-state index in [9.17, 15) is 0 Å². The maximum Gasteiger partial charge on any atom is 0.226 e. The quantitative estimate of drug-likeness (QED) is 0.751. The van der Waals surface area contributed by atoms with Gasteiger partial charge in [0.25, 0.3) is 0 Å². The average molecular weight is 288 g/mol. The van der Waals surface area contributed by atoms with Gasteiger partial charge in [-0.3, -0.25) is 0 Å². The molecule has 5 nitrogen and oxygen atoms in total. The third-order valence-electron chi connectivity index (χ3n) is 2.83. The van der Waals surface area contributed by atoms with Crippen LogP contribution in [0.4, 0.5) is 5.82 Å². The zero-order chi connectivity index (χ0) is 14.1. The largest absolute Gasteiger partial charge is 0.367 e. The average Bonchev–Trinajstić information content (AvgIpc) is 2.82. The molecule has 2 aromatic heterocycles. The molecule has 0 saturated carbocycles. The molecule has 3 aromatic rings. The number of anilines is 1. The van der Waals surface area contributed by atoms with Crippen molar-refractivity contribution in [3.05, 3.63) is 41.8 Å². The molecule has 0 spiro atoms. The summed E-state index contributed by atoms with van der Waals surface area (Å²) in [5.74, 6) is 0.706. The molecule has 1 aromatic carbocycles. The highest BCUT2D eigenvalue weighted by Gasteiger charge is 2.13. The van der Waals surface area contributed by atoms with Gasteiger partial charge in [0.05, 0.1) is 17.3 Å². The van der Waals surface area contributed by atoms with Crippen molar-refractivity contribution in [2.24, 2.45) is 0 Å². The molecule has 0 fully saturated rings. The molecule has 0 saturated heterocycles. The Hall–Kier alpha value is -2.14. The van der Waals surface area contributed by atoms with Crippen molar-refractivity contribution >= 4 is 28.5 Å². The molecule has 0 atom stereocenters. The Balaban J connectivity index is 2.20. The van der Waals surface area contributed by atoms with Crippen LogP contribution in [0.2, 0.25) is 5.28 Å². The number of rotatable bonds is 3. The van der Waals surface area contributed by atoms with Gasteiger partial charge in [0, 0.05) is 6.04 Å².